The number of nitrogens with zero attached hydrogens (tertiary/aromatic N) is 6. The largest absolute Gasteiger partial charge is 0.367 e. The number of pyridine rings is 2. The average molecular weight is 899 g/mol. The molecule has 6 aromatic rings. The van der Waals surface area contributed by atoms with Crippen LogP contribution in [0.15, 0.2) is 85.2 Å². The van der Waals surface area contributed by atoms with Gasteiger partial charge in [-0.25, -0.2) is 9.36 Å². The number of anilines is 2. The highest BCUT2D eigenvalue weighted by Gasteiger charge is 2.34. The predicted octanol–water partition coefficient (Wildman–Crippen LogP) is 11.2. The van der Waals surface area contributed by atoms with E-state index in [1.54, 1.807) is 0 Å². The van der Waals surface area contributed by atoms with E-state index in [9.17, 15) is 0 Å². The van der Waals surface area contributed by atoms with Crippen molar-refractivity contribution in [3.05, 3.63) is 130 Å². The zero-order chi connectivity index (χ0) is 45.8. The first-order valence-corrected chi connectivity index (χ1v) is 25.2. The molecular weight excluding hydrogens is 829 g/mol. The molecule has 8 rings (SSSR count). The normalized spacial score (nSPS) is 18.7. The summed E-state index contributed by atoms with van der Waals surface area (Å²) in [6, 6.07) is 26.7. The average Bonchev–Trinajstić information content (AvgIpc) is 3.68. The van der Waals surface area contributed by atoms with Gasteiger partial charge in [0.25, 0.3) is 0 Å². The molecule has 10 nitrogen and oxygen atoms in total. The van der Waals surface area contributed by atoms with Crippen LogP contribution in [0.3, 0.4) is 0 Å². The highest BCUT2D eigenvalue weighted by atomic mass is 32.2. The minimum absolute atomic E-state index is 0.146. The molecule has 6 N–H and O–H groups in total. The highest BCUT2D eigenvalue weighted by Crippen LogP contribution is 2.49. The van der Waals surface area contributed by atoms with E-state index in [1.165, 1.54) is 44.5 Å². The molecule has 4 atom stereocenters. The van der Waals surface area contributed by atoms with Gasteiger partial charge < -0.3 is 22.1 Å². The lowest BCUT2D eigenvalue weighted by Gasteiger charge is -2.21. The zero-order valence-electron chi connectivity index (χ0n) is 39.7. The van der Waals surface area contributed by atoms with Crippen molar-refractivity contribution in [2.75, 3.05) is 22.1 Å². The Morgan fingerprint density at radius 1 is 0.625 bits per heavy atom. The Morgan fingerprint density at radius 2 is 1.03 bits per heavy atom. The van der Waals surface area contributed by atoms with Crippen molar-refractivity contribution in [2.24, 2.45) is 11.5 Å². The Hall–Kier alpha value is -4.62. The molecule has 340 valence electrons. The second-order valence-corrected chi connectivity index (χ2v) is 21.4. The fourth-order valence-electron chi connectivity index (χ4n) is 8.59. The molecule has 0 bridgehead atoms. The van der Waals surface area contributed by atoms with Gasteiger partial charge in [0, 0.05) is 71.3 Å². The standard InChI is InChI=1S/2C26H35N5S/c2*1-6-31-25-22(23(30-31)21-9-7-8-14-28-21)24(32-16-18(3)29-25)20-11-10-19(15-17(20)2)12-13-26(4,5)27/h2*7-11,14-15,18,24,29H,6,12-13,16,27H2,1-5H3/t2*18-,24-/m10/s1. The first-order valence-electron chi connectivity index (χ1n) is 23.1. The molecule has 0 amide bonds. The van der Waals surface area contributed by atoms with Crippen molar-refractivity contribution >= 4 is 35.2 Å². The molecule has 0 saturated heterocycles. The summed E-state index contributed by atoms with van der Waals surface area (Å²) in [5, 5.41) is 17.9. The summed E-state index contributed by atoms with van der Waals surface area (Å²) in [6.07, 6.45) is 7.64. The van der Waals surface area contributed by atoms with Crippen LogP contribution in [0, 0.1) is 13.8 Å². The number of hydrogen-bond acceptors (Lipinski definition) is 10. The first kappa shape index (κ1) is 47.3. The highest BCUT2D eigenvalue weighted by molar-refractivity contribution is 8.00. The van der Waals surface area contributed by atoms with Gasteiger partial charge in [-0.3, -0.25) is 9.97 Å². The summed E-state index contributed by atoms with van der Waals surface area (Å²) in [6.45, 7) is 23.3. The van der Waals surface area contributed by atoms with Gasteiger partial charge in [0.05, 0.1) is 21.9 Å². The third-order valence-corrected chi connectivity index (χ3v) is 15.1. The lowest BCUT2D eigenvalue weighted by Crippen LogP contribution is -2.32. The number of aromatic nitrogens is 6. The van der Waals surface area contributed by atoms with E-state index in [0.717, 1.165) is 84.7 Å². The number of aryl methyl sites for hydroxylation is 6. The van der Waals surface area contributed by atoms with Gasteiger partial charge in [-0.15, -0.1) is 23.5 Å². The first-order chi connectivity index (χ1) is 30.5. The Morgan fingerprint density at radius 3 is 1.36 bits per heavy atom. The van der Waals surface area contributed by atoms with Crippen molar-refractivity contribution < 1.29 is 0 Å². The molecule has 0 spiro atoms. The Balaban J connectivity index is 0.000000191. The molecule has 64 heavy (non-hydrogen) atoms. The smallest absolute Gasteiger partial charge is 0.129 e. The van der Waals surface area contributed by atoms with Crippen LogP contribution in [0.2, 0.25) is 0 Å². The molecule has 0 aliphatic carbocycles. The molecule has 2 aliphatic rings. The van der Waals surface area contributed by atoms with Crippen LogP contribution in [0.25, 0.3) is 22.8 Å². The van der Waals surface area contributed by atoms with Gasteiger partial charge in [0.15, 0.2) is 0 Å². The number of benzene rings is 2. The van der Waals surface area contributed by atoms with Crippen molar-refractivity contribution in [1.29, 1.82) is 0 Å². The second kappa shape index (κ2) is 20.3. The fraction of sp³-hybridized carbons (Fsp3) is 0.462. The molecule has 0 fully saturated rings. The van der Waals surface area contributed by atoms with E-state index in [-0.39, 0.29) is 21.6 Å². The molecule has 12 heteroatoms. The Bertz CT molecular complexity index is 2310. The van der Waals surface area contributed by atoms with E-state index in [0.29, 0.717) is 12.1 Å². The molecule has 0 radical (unpaired) electrons. The van der Waals surface area contributed by atoms with Crippen LogP contribution < -0.4 is 22.1 Å². The maximum atomic E-state index is 6.21. The minimum Gasteiger partial charge on any atom is -0.367 e. The second-order valence-electron chi connectivity index (χ2n) is 19.2. The monoisotopic (exact) mass is 899 g/mol. The number of fused-ring (bicyclic) bond motifs is 2. The minimum atomic E-state index is -0.146. The van der Waals surface area contributed by atoms with E-state index < -0.39 is 0 Å². The molecule has 2 aromatic carbocycles. The van der Waals surface area contributed by atoms with Gasteiger partial charge >= 0.3 is 0 Å². The fourth-order valence-corrected chi connectivity index (χ4v) is 11.4. The third kappa shape index (κ3) is 11.2. The van der Waals surface area contributed by atoms with Gasteiger partial charge in [0.2, 0.25) is 0 Å². The van der Waals surface area contributed by atoms with Crippen LogP contribution in [0.1, 0.15) is 123 Å². The van der Waals surface area contributed by atoms with Gasteiger partial charge in [0.1, 0.15) is 23.0 Å². The number of thioether (sulfide) groups is 2. The molecule has 0 unspecified atom stereocenters. The summed E-state index contributed by atoms with van der Waals surface area (Å²) in [4.78, 5) is 9.28. The maximum absolute atomic E-state index is 6.21. The van der Waals surface area contributed by atoms with Gasteiger partial charge in [-0.05, 0) is 153 Å². The summed E-state index contributed by atoms with van der Waals surface area (Å²) in [7, 11) is 0. The maximum Gasteiger partial charge on any atom is 0.129 e. The Labute approximate surface area is 390 Å². The lowest BCUT2D eigenvalue weighted by molar-refractivity contribution is 0.476. The number of hydrogen-bond donors (Lipinski definition) is 4. The summed E-state index contributed by atoms with van der Waals surface area (Å²) in [5.74, 6) is 4.33. The van der Waals surface area contributed by atoms with Crippen LogP contribution in [0.4, 0.5) is 11.6 Å². The van der Waals surface area contributed by atoms with Crippen molar-refractivity contribution in [3.63, 3.8) is 0 Å². The number of nitrogens with two attached hydrogens (primary N) is 2. The van der Waals surface area contributed by atoms with E-state index >= 15 is 0 Å². The summed E-state index contributed by atoms with van der Waals surface area (Å²) >= 11 is 3.99. The van der Waals surface area contributed by atoms with Crippen molar-refractivity contribution in [2.45, 2.75) is 142 Å². The van der Waals surface area contributed by atoms with Crippen LogP contribution >= 0.6 is 23.5 Å². The van der Waals surface area contributed by atoms with E-state index in [4.69, 9.17) is 21.7 Å². The molecule has 4 aromatic heterocycles. The quantitative estimate of drug-likeness (QED) is 0.0939. The van der Waals surface area contributed by atoms with Crippen LogP contribution in [-0.4, -0.2) is 64.2 Å². The third-order valence-electron chi connectivity index (χ3n) is 12.1. The SMILES string of the molecule is CCn1nc(-c2ccccn2)c2c1N[C@@H](C)CS[C@H]2c1ccc(CCC(C)(C)N)cc1C.CCn1nc(-c2ccccn2)c2c1N[C@H](C)CS[C@@H]2c1ccc(CCC(C)(C)N)cc1C. The zero-order valence-corrected chi connectivity index (χ0v) is 41.3. The number of nitrogens with one attached hydrogen (secondary N) is 2. The van der Waals surface area contributed by atoms with Crippen LogP contribution in [-0.2, 0) is 25.9 Å². The van der Waals surface area contributed by atoms with E-state index in [1.807, 2.05) is 60.2 Å². The summed E-state index contributed by atoms with van der Waals surface area (Å²) < 4.78 is 4.20. The van der Waals surface area contributed by atoms with Crippen LogP contribution in [0.5, 0.6) is 0 Å². The molecule has 6 heterocycles. The molecule has 0 saturated carbocycles. The lowest BCUT2D eigenvalue weighted by atomic mass is 9.92. The number of rotatable bonds is 12. The summed E-state index contributed by atoms with van der Waals surface area (Å²) in [5.41, 5.74) is 26.5. The predicted molar refractivity (Wildman–Crippen MR) is 273 cm³/mol. The molecule has 2 aliphatic heterocycles. The van der Waals surface area contributed by atoms with Crippen molar-refractivity contribution in [3.8, 4) is 22.8 Å². The van der Waals surface area contributed by atoms with E-state index in [2.05, 4.69) is 148 Å². The topological polar surface area (TPSA) is 138 Å². The Kier molecular flexibility index (Phi) is 15.0. The molecular formula is C52H70N10S2. The van der Waals surface area contributed by atoms with Gasteiger partial charge in [-0.2, -0.15) is 10.2 Å². The van der Waals surface area contributed by atoms with Gasteiger partial charge in [-0.1, -0.05) is 48.5 Å². The van der Waals surface area contributed by atoms with Crippen molar-refractivity contribution in [1.82, 2.24) is 29.5 Å².